The monoisotopic (exact) mass is 341 g/mol. The maximum Gasteiger partial charge on any atom is 0.269 e. The summed E-state index contributed by atoms with van der Waals surface area (Å²) in [6.45, 7) is 5.51. The van der Waals surface area contributed by atoms with Crippen molar-refractivity contribution in [2.45, 2.75) is 13.1 Å². The minimum atomic E-state index is -0.339. The van der Waals surface area contributed by atoms with Crippen molar-refractivity contribution < 1.29 is 9.66 Å². The number of ether oxygens (including phenoxy) is 1. The Bertz CT molecular complexity index is 727. The fourth-order valence-electron chi connectivity index (χ4n) is 3.21. The van der Waals surface area contributed by atoms with Crippen molar-refractivity contribution in [2.24, 2.45) is 0 Å². The van der Waals surface area contributed by atoms with E-state index in [1.54, 1.807) is 19.2 Å². The Hall–Kier alpha value is -2.44. The van der Waals surface area contributed by atoms with E-state index >= 15 is 0 Å². The SMILES string of the molecule is COc1ccccc1CN1CCN(Cc2cccc([N+](=O)[O-])c2)CC1. The lowest BCUT2D eigenvalue weighted by atomic mass is 10.1. The molecule has 1 fully saturated rings. The summed E-state index contributed by atoms with van der Waals surface area (Å²) in [6, 6.07) is 15.0. The van der Waals surface area contributed by atoms with Gasteiger partial charge in [-0.3, -0.25) is 19.9 Å². The average Bonchev–Trinajstić information content (AvgIpc) is 2.64. The summed E-state index contributed by atoms with van der Waals surface area (Å²) in [6.07, 6.45) is 0. The van der Waals surface area contributed by atoms with Crippen LogP contribution < -0.4 is 4.74 Å². The van der Waals surface area contributed by atoms with Gasteiger partial charge in [-0.15, -0.1) is 0 Å². The lowest BCUT2D eigenvalue weighted by Crippen LogP contribution is -2.45. The number of methoxy groups -OCH3 is 1. The molecular weight excluding hydrogens is 318 g/mol. The van der Waals surface area contributed by atoms with Gasteiger partial charge in [0.25, 0.3) is 5.69 Å². The van der Waals surface area contributed by atoms with Crippen LogP contribution >= 0.6 is 0 Å². The summed E-state index contributed by atoms with van der Waals surface area (Å²) in [7, 11) is 1.70. The van der Waals surface area contributed by atoms with E-state index in [2.05, 4.69) is 15.9 Å². The zero-order chi connectivity index (χ0) is 17.6. The maximum atomic E-state index is 10.9. The maximum absolute atomic E-state index is 10.9. The second kappa shape index (κ2) is 8.09. The zero-order valence-corrected chi connectivity index (χ0v) is 14.4. The normalized spacial score (nSPS) is 15.9. The third-order valence-electron chi connectivity index (χ3n) is 4.58. The summed E-state index contributed by atoms with van der Waals surface area (Å²) >= 11 is 0. The van der Waals surface area contributed by atoms with Crippen molar-refractivity contribution in [1.29, 1.82) is 0 Å². The number of para-hydroxylation sites is 1. The highest BCUT2D eigenvalue weighted by Gasteiger charge is 2.18. The van der Waals surface area contributed by atoms with Crippen LogP contribution in [0, 0.1) is 10.1 Å². The number of benzene rings is 2. The van der Waals surface area contributed by atoms with Gasteiger partial charge in [0.15, 0.2) is 0 Å². The van der Waals surface area contributed by atoms with Crippen molar-refractivity contribution in [3.63, 3.8) is 0 Å². The highest BCUT2D eigenvalue weighted by Crippen LogP contribution is 2.20. The number of piperazine rings is 1. The minimum absolute atomic E-state index is 0.160. The molecule has 3 rings (SSSR count). The van der Waals surface area contributed by atoms with E-state index in [0.717, 1.165) is 50.6 Å². The van der Waals surface area contributed by atoms with Gasteiger partial charge in [0, 0.05) is 57.0 Å². The van der Waals surface area contributed by atoms with Crippen LogP contribution in [0.5, 0.6) is 5.75 Å². The van der Waals surface area contributed by atoms with Crippen LogP contribution in [-0.2, 0) is 13.1 Å². The zero-order valence-electron chi connectivity index (χ0n) is 14.4. The molecule has 0 atom stereocenters. The first-order valence-electron chi connectivity index (χ1n) is 8.45. The molecule has 0 aromatic heterocycles. The molecule has 1 aliphatic heterocycles. The molecule has 0 amide bonds. The standard InChI is InChI=1S/C19H23N3O3/c1-25-19-8-3-2-6-17(19)15-21-11-9-20(10-12-21)14-16-5-4-7-18(13-16)22(23)24/h2-8,13H,9-12,14-15H2,1H3. The van der Waals surface area contributed by atoms with Crippen molar-refractivity contribution in [3.8, 4) is 5.75 Å². The summed E-state index contributed by atoms with van der Waals surface area (Å²) in [4.78, 5) is 15.3. The first-order valence-corrected chi connectivity index (χ1v) is 8.45. The molecule has 0 N–H and O–H groups in total. The van der Waals surface area contributed by atoms with Crippen LogP contribution in [0.25, 0.3) is 0 Å². The molecule has 6 heteroatoms. The highest BCUT2D eigenvalue weighted by molar-refractivity contribution is 5.34. The Morgan fingerprint density at radius 2 is 1.68 bits per heavy atom. The number of nitrogens with zero attached hydrogens (tertiary/aromatic N) is 3. The fraction of sp³-hybridized carbons (Fsp3) is 0.368. The van der Waals surface area contributed by atoms with Crippen LogP contribution in [0.1, 0.15) is 11.1 Å². The van der Waals surface area contributed by atoms with E-state index in [9.17, 15) is 10.1 Å². The number of hydrogen-bond acceptors (Lipinski definition) is 5. The van der Waals surface area contributed by atoms with Gasteiger partial charge in [0.2, 0.25) is 0 Å². The van der Waals surface area contributed by atoms with E-state index in [1.165, 1.54) is 11.6 Å². The molecule has 0 radical (unpaired) electrons. The molecule has 0 saturated carbocycles. The predicted octanol–water partition coefficient (Wildman–Crippen LogP) is 2.92. The Balaban J connectivity index is 1.53. The van der Waals surface area contributed by atoms with Gasteiger partial charge in [-0.1, -0.05) is 30.3 Å². The topological polar surface area (TPSA) is 58.8 Å². The molecular formula is C19H23N3O3. The Morgan fingerprint density at radius 3 is 2.36 bits per heavy atom. The first kappa shape index (κ1) is 17.4. The number of nitro groups is 1. The number of rotatable bonds is 6. The van der Waals surface area contributed by atoms with Crippen LogP contribution in [0.2, 0.25) is 0 Å². The second-order valence-corrected chi connectivity index (χ2v) is 6.29. The third kappa shape index (κ3) is 4.55. The Kier molecular flexibility index (Phi) is 5.63. The second-order valence-electron chi connectivity index (χ2n) is 6.29. The molecule has 2 aromatic rings. The number of nitro benzene ring substituents is 1. The largest absolute Gasteiger partial charge is 0.496 e. The minimum Gasteiger partial charge on any atom is -0.496 e. The lowest BCUT2D eigenvalue weighted by molar-refractivity contribution is -0.384. The molecule has 0 aliphatic carbocycles. The average molecular weight is 341 g/mol. The van der Waals surface area contributed by atoms with Crippen LogP contribution in [-0.4, -0.2) is 48.0 Å². The van der Waals surface area contributed by atoms with E-state index in [-0.39, 0.29) is 10.6 Å². The smallest absolute Gasteiger partial charge is 0.269 e. The summed E-state index contributed by atoms with van der Waals surface area (Å²) in [5.74, 6) is 0.932. The van der Waals surface area contributed by atoms with Gasteiger partial charge in [-0.2, -0.15) is 0 Å². The third-order valence-corrected chi connectivity index (χ3v) is 4.58. The molecule has 132 valence electrons. The van der Waals surface area contributed by atoms with Crippen molar-refractivity contribution in [3.05, 3.63) is 69.8 Å². The quantitative estimate of drug-likeness (QED) is 0.597. The molecule has 6 nitrogen and oxygen atoms in total. The van der Waals surface area contributed by atoms with Crippen LogP contribution in [0.4, 0.5) is 5.69 Å². The molecule has 0 unspecified atom stereocenters. The van der Waals surface area contributed by atoms with E-state index < -0.39 is 0 Å². The number of hydrogen-bond donors (Lipinski definition) is 0. The Labute approximate surface area is 147 Å². The molecule has 0 bridgehead atoms. The molecule has 1 heterocycles. The molecule has 1 aliphatic rings. The summed E-state index contributed by atoms with van der Waals surface area (Å²) in [5.41, 5.74) is 2.36. The highest BCUT2D eigenvalue weighted by atomic mass is 16.6. The van der Waals surface area contributed by atoms with Gasteiger partial charge in [-0.05, 0) is 11.6 Å². The Morgan fingerprint density at radius 1 is 1.00 bits per heavy atom. The first-order chi connectivity index (χ1) is 12.2. The molecule has 2 aromatic carbocycles. The van der Waals surface area contributed by atoms with Crippen molar-refractivity contribution in [2.75, 3.05) is 33.3 Å². The molecule has 25 heavy (non-hydrogen) atoms. The summed E-state index contributed by atoms with van der Waals surface area (Å²) in [5, 5.41) is 10.9. The van der Waals surface area contributed by atoms with Gasteiger partial charge in [0.05, 0.1) is 12.0 Å². The van der Waals surface area contributed by atoms with E-state index in [1.807, 2.05) is 24.3 Å². The van der Waals surface area contributed by atoms with Gasteiger partial charge >= 0.3 is 0 Å². The number of non-ortho nitro benzene ring substituents is 1. The lowest BCUT2D eigenvalue weighted by Gasteiger charge is -2.34. The van der Waals surface area contributed by atoms with Gasteiger partial charge in [0.1, 0.15) is 5.75 Å². The molecule has 1 saturated heterocycles. The van der Waals surface area contributed by atoms with Crippen molar-refractivity contribution in [1.82, 2.24) is 9.80 Å². The van der Waals surface area contributed by atoms with Crippen LogP contribution in [0.15, 0.2) is 48.5 Å². The molecule has 0 spiro atoms. The van der Waals surface area contributed by atoms with Gasteiger partial charge < -0.3 is 4.74 Å². The van der Waals surface area contributed by atoms with E-state index in [0.29, 0.717) is 0 Å². The van der Waals surface area contributed by atoms with Crippen LogP contribution in [0.3, 0.4) is 0 Å². The summed E-state index contributed by atoms with van der Waals surface area (Å²) < 4.78 is 5.43. The fourth-order valence-corrected chi connectivity index (χ4v) is 3.21. The van der Waals surface area contributed by atoms with E-state index in [4.69, 9.17) is 4.74 Å². The van der Waals surface area contributed by atoms with Gasteiger partial charge in [-0.25, -0.2) is 0 Å². The predicted molar refractivity (Wildman–Crippen MR) is 96.6 cm³/mol. The van der Waals surface area contributed by atoms with Crippen molar-refractivity contribution >= 4 is 5.69 Å².